The van der Waals surface area contributed by atoms with Gasteiger partial charge in [-0.25, -0.2) is 12.8 Å². The maximum atomic E-state index is 14.0. The van der Waals surface area contributed by atoms with Crippen LogP contribution < -0.4 is 14.9 Å². The van der Waals surface area contributed by atoms with Gasteiger partial charge in [-0.15, -0.1) is 0 Å². The van der Waals surface area contributed by atoms with Crippen molar-refractivity contribution in [3.8, 4) is 0 Å². The number of para-hydroxylation sites is 2. The summed E-state index contributed by atoms with van der Waals surface area (Å²) < 4.78 is 41.8. The second-order valence-electron chi connectivity index (χ2n) is 8.05. The SMILES string of the molecule is O=C(c1ccc(C2Nc3ccccc3S(=O)(=O)N2)cc1)N1CCN(c2ccccc2F)CC1. The Kier molecular flexibility index (Phi) is 5.51. The summed E-state index contributed by atoms with van der Waals surface area (Å²) in [5.74, 6) is -0.361. The van der Waals surface area contributed by atoms with Gasteiger partial charge in [-0.2, -0.15) is 4.72 Å². The molecule has 33 heavy (non-hydrogen) atoms. The molecule has 0 spiro atoms. The van der Waals surface area contributed by atoms with E-state index >= 15 is 0 Å². The Balaban J connectivity index is 1.26. The van der Waals surface area contributed by atoms with Crippen LogP contribution in [-0.2, 0) is 10.0 Å². The van der Waals surface area contributed by atoms with Crippen LogP contribution in [0.15, 0.2) is 77.7 Å². The number of piperazine rings is 1. The van der Waals surface area contributed by atoms with Gasteiger partial charge < -0.3 is 15.1 Å². The van der Waals surface area contributed by atoms with Crippen molar-refractivity contribution >= 4 is 27.3 Å². The molecule has 9 heteroatoms. The molecule has 1 amide bonds. The molecule has 1 atom stereocenters. The highest BCUT2D eigenvalue weighted by molar-refractivity contribution is 7.89. The second kappa shape index (κ2) is 8.49. The van der Waals surface area contributed by atoms with Crippen molar-refractivity contribution < 1.29 is 17.6 Å². The highest BCUT2D eigenvalue weighted by Crippen LogP contribution is 2.31. The fraction of sp³-hybridized carbons (Fsp3) is 0.208. The highest BCUT2D eigenvalue weighted by atomic mass is 32.2. The molecule has 0 aliphatic carbocycles. The van der Waals surface area contributed by atoms with Crippen LogP contribution in [0.4, 0.5) is 15.8 Å². The number of anilines is 2. The van der Waals surface area contributed by atoms with E-state index in [2.05, 4.69) is 10.0 Å². The van der Waals surface area contributed by atoms with Crippen LogP contribution in [0.25, 0.3) is 0 Å². The van der Waals surface area contributed by atoms with Gasteiger partial charge >= 0.3 is 0 Å². The molecule has 2 N–H and O–H groups in total. The molecule has 0 bridgehead atoms. The van der Waals surface area contributed by atoms with E-state index in [1.54, 1.807) is 71.6 Å². The van der Waals surface area contributed by atoms with Gasteiger partial charge in [0.2, 0.25) is 10.0 Å². The summed E-state index contributed by atoms with van der Waals surface area (Å²) in [4.78, 5) is 16.9. The van der Waals surface area contributed by atoms with Gasteiger partial charge in [-0.3, -0.25) is 4.79 Å². The molecule has 2 heterocycles. The van der Waals surface area contributed by atoms with E-state index in [9.17, 15) is 17.6 Å². The molecule has 3 aromatic carbocycles. The number of hydrogen-bond donors (Lipinski definition) is 2. The van der Waals surface area contributed by atoms with Crippen LogP contribution in [0.3, 0.4) is 0 Å². The summed E-state index contributed by atoms with van der Waals surface area (Å²) in [6.07, 6.45) is -0.627. The normalized spacial score (nSPS) is 19.5. The Labute approximate surface area is 191 Å². The topological polar surface area (TPSA) is 81.7 Å². The van der Waals surface area contributed by atoms with Crippen LogP contribution in [0.2, 0.25) is 0 Å². The van der Waals surface area contributed by atoms with E-state index in [4.69, 9.17) is 0 Å². The van der Waals surface area contributed by atoms with Gasteiger partial charge in [0.25, 0.3) is 5.91 Å². The minimum Gasteiger partial charge on any atom is -0.366 e. The third kappa shape index (κ3) is 4.17. The lowest BCUT2D eigenvalue weighted by atomic mass is 10.1. The Morgan fingerprint density at radius 3 is 2.27 bits per heavy atom. The summed E-state index contributed by atoms with van der Waals surface area (Å²) in [5, 5.41) is 3.18. The number of fused-ring (bicyclic) bond motifs is 1. The monoisotopic (exact) mass is 466 g/mol. The summed E-state index contributed by atoms with van der Waals surface area (Å²) >= 11 is 0. The zero-order valence-corrected chi connectivity index (χ0v) is 18.6. The summed E-state index contributed by atoms with van der Waals surface area (Å²) in [6, 6.07) is 20.3. The van der Waals surface area contributed by atoms with E-state index in [-0.39, 0.29) is 16.6 Å². The fourth-order valence-electron chi connectivity index (χ4n) is 4.23. The standard InChI is InChI=1S/C24H23FN4O3S/c25-19-5-1-3-7-21(19)28-13-15-29(16-14-28)24(30)18-11-9-17(10-12-18)23-26-20-6-2-4-8-22(20)33(31,32)27-23/h1-12,23,26-27H,13-16H2. The predicted molar refractivity (Wildman–Crippen MR) is 124 cm³/mol. The van der Waals surface area contributed by atoms with Gasteiger partial charge in [0.1, 0.15) is 16.9 Å². The number of nitrogens with one attached hydrogen (secondary N) is 2. The average molecular weight is 467 g/mol. The quantitative estimate of drug-likeness (QED) is 0.620. The Bertz CT molecular complexity index is 1290. The van der Waals surface area contributed by atoms with Gasteiger partial charge in [-0.05, 0) is 42.0 Å². The number of hydrogen-bond acceptors (Lipinski definition) is 5. The molecule has 2 aliphatic heterocycles. The first-order valence-corrected chi connectivity index (χ1v) is 12.2. The molecule has 3 aromatic rings. The molecule has 0 radical (unpaired) electrons. The zero-order chi connectivity index (χ0) is 23.0. The Morgan fingerprint density at radius 2 is 1.55 bits per heavy atom. The van der Waals surface area contributed by atoms with E-state index in [0.29, 0.717) is 48.7 Å². The third-order valence-electron chi connectivity index (χ3n) is 6.00. The van der Waals surface area contributed by atoms with Crippen molar-refractivity contribution in [2.24, 2.45) is 0 Å². The Morgan fingerprint density at radius 1 is 0.879 bits per heavy atom. The summed E-state index contributed by atoms with van der Waals surface area (Å²) in [6.45, 7) is 2.10. The van der Waals surface area contributed by atoms with Crippen molar-refractivity contribution in [3.63, 3.8) is 0 Å². The van der Waals surface area contributed by atoms with Crippen LogP contribution >= 0.6 is 0 Å². The van der Waals surface area contributed by atoms with Crippen molar-refractivity contribution in [2.45, 2.75) is 11.1 Å². The van der Waals surface area contributed by atoms with Crippen molar-refractivity contribution in [2.75, 3.05) is 36.4 Å². The van der Waals surface area contributed by atoms with Crippen LogP contribution in [0, 0.1) is 5.82 Å². The maximum absolute atomic E-state index is 14.0. The highest BCUT2D eigenvalue weighted by Gasteiger charge is 2.30. The molecule has 5 rings (SSSR count). The molecular weight excluding hydrogens is 443 g/mol. The number of halogens is 1. The molecular formula is C24H23FN4O3S. The third-order valence-corrected chi connectivity index (χ3v) is 7.48. The van der Waals surface area contributed by atoms with E-state index in [1.807, 2.05) is 4.90 Å². The molecule has 1 saturated heterocycles. The number of carbonyl (C=O) groups is 1. The van der Waals surface area contributed by atoms with Gasteiger partial charge in [0.05, 0.1) is 11.4 Å². The van der Waals surface area contributed by atoms with E-state index in [1.165, 1.54) is 6.07 Å². The van der Waals surface area contributed by atoms with Crippen LogP contribution in [0.1, 0.15) is 22.1 Å². The molecule has 0 saturated carbocycles. The number of nitrogens with zero attached hydrogens (tertiary/aromatic N) is 2. The minimum absolute atomic E-state index is 0.0998. The Hall–Kier alpha value is -3.43. The van der Waals surface area contributed by atoms with Crippen molar-refractivity contribution in [1.29, 1.82) is 0 Å². The first-order valence-electron chi connectivity index (χ1n) is 10.7. The van der Waals surface area contributed by atoms with E-state index < -0.39 is 16.2 Å². The van der Waals surface area contributed by atoms with Gasteiger partial charge in [-0.1, -0.05) is 36.4 Å². The lowest BCUT2D eigenvalue weighted by Crippen LogP contribution is -2.49. The predicted octanol–water partition coefficient (Wildman–Crippen LogP) is 3.19. The zero-order valence-electron chi connectivity index (χ0n) is 17.7. The molecule has 0 aromatic heterocycles. The average Bonchev–Trinajstić information content (AvgIpc) is 2.84. The number of carbonyl (C=O) groups excluding carboxylic acids is 1. The van der Waals surface area contributed by atoms with Gasteiger partial charge in [0.15, 0.2) is 0 Å². The first kappa shape index (κ1) is 21.4. The minimum atomic E-state index is -3.63. The number of rotatable bonds is 3. The molecule has 170 valence electrons. The first-order chi connectivity index (χ1) is 15.9. The fourth-order valence-corrected chi connectivity index (χ4v) is 5.54. The summed E-state index contributed by atoms with van der Waals surface area (Å²) in [5.41, 5.74) is 2.32. The maximum Gasteiger partial charge on any atom is 0.253 e. The number of amides is 1. The number of benzene rings is 3. The lowest BCUT2D eigenvalue weighted by Gasteiger charge is -2.36. The number of sulfonamides is 1. The van der Waals surface area contributed by atoms with Crippen LogP contribution in [-0.4, -0.2) is 45.4 Å². The molecule has 2 aliphatic rings. The van der Waals surface area contributed by atoms with Crippen molar-refractivity contribution in [3.05, 3.63) is 89.7 Å². The largest absolute Gasteiger partial charge is 0.366 e. The lowest BCUT2D eigenvalue weighted by molar-refractivity contribution is 0.0746. The summed E-state index contributed by atoms with van der Waals surface area (Å²) in [7, 11) is -3.63. The van der Waals surface area contributed by atoms with Crippen molar-refractivity contribution in [1.82, 2.24) is 9.62 Å². The van der Waals surface area contributed by atoms with Crippen LogP contribution in [0.5, 0.6) is 0 Å². The van der Waals surface area contributed by atoms with E-state index in [0.717, 1.165) is 0 Å². The molecule has 1 unspecified atom stereocenters. The van der Waals surface area contributed by atoms with Gasteiger partial charge in [0, 0.05) is 31.7 Å². The smallest absolute Gasteiger partial charge is 0.253 e. The molecule has 1 fully saturated rings. The second-order valence-corrected chi connectivity index (χ2v) is 9.73. The molecule has 7 nitrogen and oxygen atoms in total.